The molecule has 1 amide bonds. The van der Waals surface area contributed by atoms with Crippen molar-refractivity contribution < 1.29 is 24.0 Å². The second-order valence-corrected chi connectivity index (χ2v) is 5.01. The number of nitrogens with zero attached hydrogens (tertiary/aromatic N) is 2. The molecule has 0 saturated heterocycles. The summed E-state index contributed by atoms with van der Waals surface area (Å²) >= 11 is 5.86. The fraction of sp³-hybridized carbons (Fsp3) is 0.133. The van der Waals surface area contributed by atoms with E-state index < -0.39 is 23.4 Å². The van der Waals surface area contributed by atoms with Gasteiger partial charge in [0.2, 0.25) is 5.88 Å². The Balaban J connectivity index is 1.97. The molecule has 0 saturated carbocycles. The number of carbonyl (C=O) groups is 2. The Morgan fingerprint density at radius 2 is 2.12 bits per heavy atom. The first kappa shape index (κ1) is 18.1. The largest absolute Gasteiger partial charge is 0.480 e. The van der Waals surface area contributed by atoms with Crippen LogP contribution in [0.1, 0.15) is 10.4 Å². The fourth-order valence-corrected chi connectivity index (χ4v) is 2.04. The average molecular weight is 366 g/mol. The van der Waals surface area contributed by atoms with E-state index in [1.54, 1.807) is 0 Å². The number of hydrogen-bond acceptors (Lipinski definition) is 7. The minimum Gasteiger partial charge on any atom is -0.480 e. The summed E-state index contributed by atoms with van der Waals surface area (Å²) in [5, 5.41) is 13.0. The average Bonchev–Trinajstić information content (AvgIpc) is 2.61. The van der Waals surface area contributed by atoms with Crippen molar-refractivity contribution in [3.63, 3.8) is 0 Å². The van der Waals surface area contributed by atoms with Gasteiger partial charge in [0.25, 0.3) is 11.6 Å². The Morgan fingerprint density at radius 3 is 2.76 bits per heavy atom. The number of rotatable bonds is 6. The van der Waals surface area contributed by atoms with Gasteiger partial charge in [-0.25, -0.2) is 9.78 Å². The molecule has 130 valence electrons. The number of pyridine rings is 1. The lowest BCUT2D eigenvalue weighted by Crippen LogP contribution is -2.21. The quantitative estimate of drug-likeness (QED) is 0.474. The molecule has 0 atom stereocenters. The smallest absolute Gasteiger partial charge is 0.344 e. The summed E-state index contributed by atoms with van der Waals surface area (Å²) in [6.07, 6.45) is 1.44. The lowest BCUT2D eigenvalue weighted by molar-refractivity contribution is -0.384. The monoisotopic (exact) mass is 365 g/mol. The number of nitro groups is 1. The van der Waals surface area contributed by atoms with Gasteiger partial charge in [0.05, 0.1) is 22.7 Å². The zero-order valence-corrected chi connectivity index (χ0v) is 13.6. The van der Waals surface area contributed by atoms with E-state index in [9.17, 15) is 19.7 Å². The number of hydrogen-bond donors (Lipinski definition) is 1. The molecule has 1 heterocycles. The molecule has 0 aliphatic rings. The Bertz CT molecular complexity index is 827. The molecule has 0 radical (unpaired) electrons. The van der Waals surface area contributed by atoms with E-state index >= 15 is 0 Å². The summed E-state index contributed by atoms with van der Waals surface area (Å²) < 4.78 is 9.81. The van der Waals surface area contributed by atoms with Gasteiger partial charge >= 0.3 is 5.97 Å². The highest BCUT2D eigenvalue weighted by molar-refractivity contribution is 6.34. The van der Waals surface area contributed by atoms with Crippen LogP contribution in [-0.4, -0.2) is 35.5 Å². The predicted molar refractivity (Wildman–Crippen MR) is 87.8 cm³/mol. The molecular formula is C15H12ClN3O6. The Labute approximate surface area is 146 Å². The van der Waals surface area contributed by atoms with Crippen molar-refractivity contribution in [1.29, 1.82) is 0 Å². The standard InChI is InChI=1S/C15H12ClN3O6/c1-24-14-10(3-2-6-17-14)15(21)25-8-13(20)18-12-5-4-9(19(22)23)7-11(12)16/h2-7H,8H2,1H3,(H,18,20). The Hall–Kier alpha value is -3.20. The molecule has 0 bridgehead atoms. The maximum absolute atomic E-state index is 11.9. The van der Waals surface area contributed by atoms with Crippen LogP contribution in [0.4, 0.5) is 11.4 Å². The van der Waals surface area contributed by atoms with Gasteiger partial charge in [0.1, 0.15) is 5.56 Å². The SMILES string of the molecule is COc1ncccc1C(=O)OCC(=O)Nc1ccc([N+](=O)[O-])cc1Cl. The zero-order chi connectivity index (χ0) is 18.4. The van der Waals surface area contributed by atoms with E-state index in [1.807, 2.05) is 0 Å². The number of amides is 1. The van der Waals surface area contributed by atoms with Gasteiger partial charge in [-0.3, -0.25) is 14.9 Å². The van der Waals surface area contributed by atoms with Gasteiger partial charge in [-0.1, -0.05) is 11.6 Å². The van der Waals surface area contributed by atoms with Crippen molar-refractivity contribution in [2.24, 2.45) is 0 Å². The van der Waals surface area contributed by atoms with Crippen LogP contribution < -0.4 is 10.1 Å². The lowest BCUT2D eigenvalue weighted by Gasteiger charge is -2.09. The van der Waals surface area contributed by atoms with Crippen molar-refractivity contribution in [2.45, 2.75) is 0 Å². The number of nitro benzene ring substituents is 1. The number of carbonyl (C=O) groups excluding carboxylic acids is 2. The Kier molecular flexibility index (Phi) is 5.85. The second-order valence-electron chi connectivity index (χ2n) is 4.61. The minimum absolute atomic E-state index is 0.0113. The van der Waals surface area contributed by atoms with E-state index in [2.05, 4.69) is 10.3 Å². The van der Waals surface area contributed by atoms with Gasteiger partial charge in [0.15, 0.2) is 6.61 Å². The number of nitrogens with one attached hydrogen (secondary N) is 1. The summed E-state index contributed by atoms with van der Waals surface area (Å²) in [6, 6.07) is 6.54. The maximum atomic E-state index is 11.9. The molecule has 2 aromatic rings. The summed E-state index contributed by atoms with van der Waals surface area (Å²) in [7, 11) is 1.35. The van der Waals surface area contributed by atoms with Crippen molar-refractivity contribution in [1.82, 2.24) is 4.98 Å². The maximum Gasteiger partial charge on any atom is 0.344 e. The van der Waals surface area contributed by atoms with E-state index in [-0.39, 0.29) is 27.8 Å². The van der Waals surface area contributed by atoms with Crippen molar-refractivity contribution in [3.8, 4) is 5.88 Å². The van der Waals surface area contributed by atoms with E-state index in [4.69, 9.17) is 21.1 Å². The predicted octanol–water partition coefficient (Wildman–Crippen LogP) is 2.45. The number of anilines is 1. The summed E-state index contributed by atoms with van der Waals surface area (Å²) in [5.41, 5.74) is 0.0246. The minimum atomic E-state index is -0.783. The van der Waals surface area contributed by atoms with E-state index in [1.165, 1.54) is 37.6 Å². The van der Waals surface area contributed by atoms with E-state index in [0.717, 1.165) is 6.07 Å². The van der Waals surface area contributed by atoms with Crippen LogP contribution >= 0.6 is 11.6 Å². The molecular weight excluding hydrogens is 354 g/mol. The molecule has 0 fully saturated rings. The van der Waals surface area contributed by atoms with Crippen LogP contribution in [0.15, 0.2) is 36.5 Å². The fourth-order valence-electron chi connectivity index (χ4n) is 1.82. The van der Waals surface area contributed by atoms with Crippen LogP contribution in [-0.2, 0) is 9.53 Å². The summed E-state index contributed by atoms with van der Waals surface area (Å²) in [6.45, 7) is -0.579. The lowest BCUT2D eigenvalue weighted by atomic mass is 10.2. The summed E-state index contributed by atoms with van der Waals surface area (Å²) in [4.78, 5) is 37.7. The number of aromatic nitrogens is 1. The third-order valence-electron chi connectivity index (χ3n) is 2.96. The van der Waals surface area contributed by atoms with Crippen LogP contribution in [0.5, 0.6) is 5.88 Å². The van der Waals surface area contributed by atoms with E-state index in [0.29, 0.717) is 0 Å². The highest BCUT2D eigenvalue weighted by Gasteiger charge is 2.17. The third-order valence-corrected chi connectivity index (χ3v) is 3.27. The molecule has 0 spiro atoms. The summed E-state index contributed by atoms with van der Waals surface area (Å²) in [5.74, 6) is -1.37. The zero-order valence-electron chi connectivity index (χ0n) is 12.9. The molecule has 0 unspecified atom stereocenters. The molecule has 1 aromatic heterocycles. The van der Waals surface area contributed by atoms with Crippen LogP contribution in [0.3, 0.4) is 0 Å². The molecule has 10 heteroatoms. The number of ether oxygens (including phenoxy) is 2. The van der Waals surface area contributed by atoms with Gasteiger partial charge in [-0.05, 0) is 18.2 Å². The number of non-ortho nitro benzene ring substituents is 1. The highest BCUT2D eigenvalue weighted by atomic mass is 35.5. The molecule has 1 N–H and O–H groups in total. The van der Waals surface area contributed by atoms with Crippen molar-refractivity contribution >= 4 is 34.9 Å². The Morgan fingerprint density at radius 1 is 1.36 bits per heavy atom. The van der Waals surface area contributed by atoms with Gasteiger partial charge < -0.3 is 14.8 Å². The van der Waals surface area contributed by atoms with Crippen LogP contribution in [0, 0.1) is 10.1 Å². The first-order valence-electron chi connectivity index (χ1n) is 6.82. The third kappa shape index (κ3) is 4.64. The van der Waals surface area contributed by atoms with Crippen LogP contribution in [0.2, 0.25) is 5.02 Å². The highest BCUT2D eigenvalue weighted by Crippen LogP contribution is 2.26. The number of halogens is 1. The number of methoxy groups -OCH3 is 1. The molecule has 1 aromatic carbocycles. The molecule has 9 nitrogen and oxygen atoms in total. The van der Waals surface area contributed by atoms with Gasteiger partial charge in [-0.15, -0.1) is 0 Å². The van der Waals surface area contributed by atoms with Gasteiger partial charge in [0, 0.05) is 18.3 Å². The van der Waals surface area contributed by atoms with Crippen molar-refractivity contribution in [3.05, 3.63) is 57.2 Å². The molecule has 0 aliphatic heterocycles. The molecule has 25 heavy (non-hydrogen) atoms. The number of benzene rings is 1. The van der Waals surface area contributed by atoms with Crippen LogP contribution in [0.25, 0.3) is 0 Å². The molecule has 2 rings (SSSR count). The van der Waals surface area contributed by atoms with Gasteiger partial charge in [-0.2, -0.15) is 0 Å². The number of esters is 1. The second kappa shape index (κ2) is 8.06. The van der Waals surface area contributed by atoms with Crippen molar-refractivity contribution in [2.75, 3.05) is 19.0 Å². The topological polar surface area (TPSA) is 121 Å². The first-order chi connectivity index (χ1) is 11.9. The first-order valence-corrected chi connectivity index (χ1v) is 7.20. The molecule has 0 aliphatic carbocycles. The normalized spacial score (nSPS) is 10.0.